The fourth-order valence-corrected chi connectivity index (χ4v) is 4.20. The molecular weight excluding hydrogens is 532 g/mol. The molecular formula is C23H20BrClN2O5S. The number of amides is 1. The lowest BCUT2D eigenvalue weighted by molar-refractivity contribution is -0.139. The molecule has 2 aromatic carbocycles. The van der Waals surface area contributed by atoms with E-state index >= 15 is 0 Å². The average Bonchev–Trinajstić information content (AvgIpc) is 3.23. The number of hydrogen-bond acceptors (Lipinski definition) is 7. The van der Waals surface area contributed by atoms with Crippen molar-refractivity contribution in [3.63, 3.8) is 0 Å². The molecule has 0 saturated carbocycles. The number of esters is 1. The van der Waals surface area contributed by atoms with E-state index in [1.54, 1.807) is 30.7 Å². The quantitative estimate of drug-likeness (QED) is 0.279. The van der Waals surface area contributed by atoms with Gasteiger partial charge in [0.2, 0.25) is 5.91 Å². The smallest absolute Gasteiger partial charge is 0.311 e. The van der Waals surface area contributed by atoms with Gasteiger partial charge in [-0.1, -0.05) is 29.8 Å². The number of halogens is 2. The molecule has 0 bridgehead atoms. The topological polar surface area (TPSA) is 86.8 Å². The van der Waals surface area contributed by atoms with Gasteiger partial charge in [0.1, 0.15) is 6.61 Å². The molecule has 0 aliphatic carbocycles. The first-order valence-electron chi connectivity index (χ1n) is 9.63. The van der Waals surface area contributed by atoms with Crippen LogP contribution in [0.3, 0.4) is 0 Å². The van der Waals surface area contributed by atoms with Crippen LogP contribution in [0.4, 0.5) is 5.13 Å². The maximum absolute atomic E-state index is 12.3. The molecule has 3 aromatic rings. The molecule has 0 unspecified atom stereocenters. The van der Waals surface area contributed by atoms with Gasteiger partial charge in [0.25, 0.3) is 0 Å². The minimum Gasteiger partial charge on any atom is -0.493 e. The van der Waals surface area contributed by atoms with Crippen molar-refractivity contribution >= 4 is 62.0 Å². The zero-order chi connectivity index (χ0) is 23.8. The van der Waals surface area contributed by atoms with Crippen LogP contribution in [-0.4, -0.2) is 31.1 Å². The SMILES string of the molecule is COC(=O)Cc1csc(NC(=O)/C=C/c2cc(Br)c(OCc3ccccc3Cl)c(OC)c2)n1. The number of thiazole rings is 1. The van der Waals surface area contributed by atoms with E-state index in [0.29, 0.717) is 31.8 Å². The molecule has 1 N–H and O–H groups in total. The van der Waals surface area contributed by atoms with E-state index in [9.17, 15) is 9.59 Å². The highest BCUT2D eigenvalue weighted by molar-refractivity contribution is 9.10. The number of benzene rings is 2. The summed E-state index contributed by atoms with van der Waals surface area (Å²) in [6, 6.07) is 11.0. The fraction of sp³-hybridized carbons (Fsp3) is 0.174. The number of hydrogen-bond donors (Lipinski definition) is 1. The Morgan fingerprint density at radius 3 is 2.76 bits per heavy atom. The maximum atomic E-state index is 12.3. The molecule has 172 valence electrons. The lowest BCUT2D eigenvalue weighted by atomic mass is 10.2. The molecule has 0 spiro atoms. The number of rotatable bonds is 9. The van der Waals surface area contributed by atoms with Crippen LogP contribution in [-0.2, 0) is 27.4 Å². The second-order valence-electron chi connectivity index (χ2n) is 6.63. The van der Waals surface area contributed by atoms with Gasteiger partial charge in [-0.25, -0.2) is 4.98 Å². The summed E-state index contributed by atoms with van der Waals surface area (Å²) in [5.74, 6) is 0.281. The molecule has 1 amide bonds. The van der Waals surface area contributed by atoms with Gasteiger partial charge in [0.05, 0.1) is 30.8 Å². The first-order chi connectivity index (χ1) is 15.9. The molecule has 0 aliphatic rings. The predicted molar refractivity (Wildman–Crippen MR) is 132 cm³/mol. The largest absolute Gasteiger partial charge is 0.493 e. The molecule has 33 heavy (non-hydrogen) atoms. The third kappa shape index (κ3) is 7.05. The van der Waals surface area contributed by atoms with Crippen LogP contribution >= 0.6 is 38.9 Å². The van der Waals surface area contributed by atoms with Gasteiger partial charge in [-0.3, -0.25) is 14.9 Å². The Bertz CT molecular complexity index is 1180. The number of nitrogens with one attached hydrogen (secondary N) is 1. The zero-order valence-corrected chi connectivity index (χ0v) is 20.9. The Morgan fingerprint density at radius 1 is 1.24 bits per heavy atom. The van der Waals surface area contributed by atoms with Crippen LogP contribution in [0.15, 0.2) is 52.3 Å². The first kappa shape index (κ1) is 24.8. The Morgan fingerprint density at radius 2 is 2.03 bits per heavy atom. The van der Waals surface area contributed by atoms with Gasteiger partial charge in [-0.05, 0) is 45.8 Å². The number of ether oxygens (including phenoxy) is 3. The maximum Gasteiger partial charge on any atom is 0.311 e. The second kappa shape index (κ2) is 11.8. The summed E-state index contributed by atoms with van der Waals surface area (Å²) in [6.07, 6.45) is 3.08. The van der Waals surface area contributed by atoms with Gasteiger partial charge in [-0.2, -0.15) is 0 Å². The standard InChI is InChI=1S/C23H20BrClN2O5S/c1-30-19-10-14(9-17(24)22(19)32-12-15-5-3-4-6-18(15)25)7-8-20(28)27-23-26-16(13-33-23)11-21(29)31-2/h3-10,13H,11-12H2,1-2H3,(H,26,27,28)/b8-7+. The van der Waals surface area contributed by atoms with Gasteiger partial charge >= 0.3 is 5.97 Å². The summed E-state index contributed by atoms with van der Waals surface area (Å²) in [5, 5.41) is 5.38. The summed E-state index contributed by atoms with van der Waals surface area (Å²) in [7, 11) is 2.85. The van der Waals surface area contributed by atoms with Gasteiger partial charge < -0.3 is 14.2 Å². The number of methoxy groups -OCH3 is 2. The minimum absolute atomic E-state index is 0.0530. The molecule has 3 rings (SSSR count). The lowest BCUT2D eigenvalue weighted by Gasteiger charge is -2.14. The van der Waals surface area contributed by atoms with Crippen LogP contribution in [0.5, 0.6) is 11.5 Å². The Labute approximate surface area is 208 Å². The van der Waals surface area contributed by atoms with Gasteiger partial charge in [-0.15, -0.1) is 11.3 Å². The Balaban J connectivity index is 1.65. The zero-order valence-electron chi connectivity index (χ0n) is 17.8. The highest BCUT2D eigenvalue weighted by atomic mass is 79.9. The Hall–Kier alpha value is -2.88. The van der Waals surface area contributed by atoms with Crippen molar-refractivity contribution in [3.05, 3.63) is 74.2 Å². The number of carbonyl (C=O) groups is 2. The van der Waals surface area contributed by atoms with Crippen molar-refractivity contribution in [2.45, 2.75) is 13.0 Å². The normalized spacial score (nSPS) is 10.8. The second-order valence-corrected chi connectivity index (χ2v) is 8.75. The highest BCUT2D eigenvalue weighted by Crippen LogP contribution is 2.38. The summed E-state index contributed by atoms with van der Waals surface area (Å²) in [6.45, 7) is 0.276. The monoisotopic (exact) mass is 550 g/mol. The number of nitrogens with zero attached hydrogens (tertiary/aromatic N) is 1. The number of aromatic nitrogens is 1. The molecule has 0 radical (unpaired) electrons. The van der Waals surface area contributed by atoms with Crippen LogP contribution in [0, 0.1) is 0 Å². The van der Waals surface area contributed by atoms with E-state index in [2.05, 4.69) is 31.0 Å². The van der Waals surface area contributed by atoms with Crippen LogP contribution in [0.1, 0.15) is 16.8 Å². The highest BCUT2D eigenvalue weighted by Gasteiger charge is 2.13. The molecule has 10 heteroatoms. The van der Waals surface area contributed by atoms with E-state index in [4.69, 9.17) is 21.1 Å². The van der Waals surface area contributed by atoms with Crippen LogP contribution in [0.25, 0.3) is 6.08 Å². The molecule has 1 heterocycles. The number of anilines is 1. The average molecular weight is 552 g/mol. The van der Waals surface area contributed by atoms with E-state index in [1.807, 2.05) is 24.3 Å². The van der Waals surface area contributed by atoms with E-state index < -0.39 is 5.97 Å². The molecule has 1 aromatic heterocycles. The van der Waals surface area contributed by atoms with E-state index in [-0.39, 0.29) is 18.9 Å². The van der Waals surface area contributed by atoms with Crippen molar-refractivity contribution in [1.29, 1.82) is 0 Å². The van der Waals surface area contributed by atoms with E-state index in [1.165, 1.54) is 24.5 Å². The molecule has 0 atom stereocenters. The first-order valence-corrected chi connectivity index (χ1v) is 11.7. The van der Waals surface area contributed by atoms with Crippen molar-refractivity contribution in [3.8, 4) is 11.5 Å². The number of carbonyl (C=O) groups excluding carboxylic acids is 2. The van der Waals surface area contributed by atoms with Crippen molar-refractivity contribution in [2.24, 2.45) is 0 Å². The summed E-state index contributed by atoms with van der Waals surface area (Å²) >= 11 is 10.9. The summed E-state index contributed by atoms with van der Waals surface area (Å²) in [4.78, 5) is 27.8. The van der Waals surface area contributed by atoms with Crippen molar-refractivity contribution in [1.82, 2.24) is 4.98 Å². The minimum atomic E-state index is -0.392. The van der Waals surface area contributed by atoms with E-state index in [0.717, 1.165) is 11.1 Å². The van der Waals surface area contributed by atoms with Crippen molar-refractivity contribution < 1.29 is 23.8 Å². The van der Waals surface area contributed by atoms with Gasteiger partial charge in [0, 0.05) is 22.0 Å². The third-order valence-corrected chi connectivity index (χ3v) is 6.11. The summed E-state index contributed by atoms with van der Waals surface area (Å²) < 4.78 is 16.7. The van der Waals surface area contributed by atoms with Crippen LogP contribution in [0.2, 0.25) is 5.02 Å². The van der Waals surface area contributed by atoms with Crippen LogP contribution < -0.4 is 14.8 Å². The predicted octanol–water partition coefficient (Wildman–Crippen LogP) is 5.51. The molecule has 0 aliphatic heterocycles. The molecule has 7 nitrogen and oxygen atoms in total. The third-order valence-electron chi connectivity index (χ3n) is 4.34. The molecule has 0 fully saturated rings. The van der Waals surface area contributed by atoms with Crippen molar-refractivity contribution in [2.75, 3.05) is 19.5 Å². The Kier molecular flexibility index (Phi) is 8.87. The van der Waals surface area contributed by atoms with Gasteiger partial charge in [0.15, 0.2) is 16.6 Å². The fourth-order valence-electron chi connectivity index (χ4n) is 2.73. The lowest BCUT2D eigenvalue weighted by Crippen LogP contribution is -2.08. The summed E-state index contributed by atoms with van der Waals surface area (Å²) in [5.41, 5.74) is 2.11. The molecule has 0 saturated heterocycles.